The van der Waals surface area contributed by atoms with Gasteiger partial charge in [-0.1, -0.05) is 52.0 Å². The van der Waals surface area contributed by atoms with Gasteiger partial charge in [0, 0.05) is 42.9 Å². The third kappa shape index (κ3) is 10.7. The summed E-state index contributed by atoms with van der Waals surface area (Å²) in [6.45, 7) is 22.0. The van der Waals surface area contributed by atoms with E-state index in [-0.39, 0.29) is 17.8 Å². The van der Waals surface area contributed by atoms with Crippen LogP contribution in [0.5, 0.6) is 5.75 Å². The van der Waals surface area contributed by atoms with E-state index in [2.05, 4.69) is 37.5 Å². The number of anilines is 1. The predicted molar refractivity (Wildman–Crippen MR) is 194 cm³/mol. The summed E-state index contributed by atoms with van der Waals surface area (Å²) >= 11 is 0. The van der Waals surface area contributed by atoms with Crippen LogP contribution in [0.1, 0.15) is 89.9 Å². The van der Waals surface area contributed by atoms with Crippen molar-refractivity contribution in [3.8, 4) is 16.9 Å². The standard InChI is InChI=1S/C40H56FN3O5/c1-9-43(10-2)24-26-47-27-33-35(30-13-17-32(18-14-30)48-25-19-29-11-15-31(41)16-12-29)36(44-22-20-40(7,8)21-23-44)34(28(3)42-33)37(38(45)46)49-39(4,5)6/h11-18,37H,9-10,19-27H2,1-8H3,(H,45,46)/t37-/m0/s1. The molecule has 1 saturated heterocycles. The number of aryl methyl sites for hydroxylation is 1. The van der Waals surface area contributed by atoms with Crippen LogP contribution >= 0.6 is 0 Å². The van der Waals surface area contributed by atoms with E-state index in [0.29, 0.717) is 36.6 Å². The Morgan fingerprint density at radius 1 is 1.02 bits per heavy atom. The molecule has 1 aliphatic rings. The number of halogens is 1. The molecule has 0 aliphatic carbocycles. The van der Waals surface area contributed by atoms with Gasteiger partial charge < -0.3 is 29.1 Å². The number of benzene rings is 2. The van der Waals surface area contributed by atoms with Crippen molar-refractivity contribution in [2.24, 2.45) is 5.41 Å². The number of hydrogen-bond donors (Lipinski definition) is 1. The molecule has 1 aliphatic heterocycles. The highest BCUT2D eigenvalue weighted by molar-refractivity contribution is 5.88. The SMILES string of the molecule is CCN(CC)CCOCc1nc(C)c([C@H](OC(C)(C)C)C(=O)O)c(N2CCC(C)(C)CC2)c1-c1ccc(OCCc2ccc(F)cc2)cc1. The third-order valence-electron chi connectivity index (χ3n) is 9.26. The lowest BCUT2D eigenvalue weighted by Crippen LogP contribution is -2.39. The molecule has 0 spiro atoms. The lowest BCUT2D eigenvalue weighted by molar-refractivity contribution is -0.160. The number of piperidine rings is 1. The van der Waals surface area contributed by atoms with Crippen molar-refractivity contribution >= 4 is 11.7 Å². The van der Waals surface area contributed by atoms with Crippen LogP contribution in [0.15, 0.2) is 48.5 Å². The first-order chi connectivity index (χ1) is 23.2. The molecule has 1 N–H and O–H groups in total. The van der Waals surface area contributed by atoms with Gasteiger partial charge in [-0.25, -0.2) is 9.18 Å². The first-order valence-electron chi connectivity index (χ1n) is 17.7. The normalized spacial score (nSPS) is 15.4. The van der Waals surface area contributed by atoms with Crippen LogP contribution in [0.3, 0.4) is 0 Å². The summed E-state index contributed by atoms with van der Waals surface area (Å²) in [5.41, 5.74) is 5.10. The van der Waals surface area contributed by atoms with Crippen LogP contribution in [0.4, 0.5) is 10.1 Å². The second-order valence-corrected chi connectivity index (χ2v) is 14.7. The molecule has 1 fully saturated rings. The number of pyridine rings is 1. The quantitative estimate of drug-likeness (QED) is 0.152. The fourth-order valence-corrected chi connectivity index (χ4v) is 6.29. The van der Waals surface area contributed by atoms with E-state index in [1.807, 2.05) is 52.0 Å². The molecule has 2 heterocycles. The van der Waals surface area contributed by atoms with Crippen molar-refractivity contribution in [3.05, 3.63) is 76.9 Å². The summed E-state index contributed by atoms with van der Waals surface area (Å²) in [6.07, 6.45) is 1.40. The zero-order valence-electron chi connectivity index (χ0n) is 30.8. The summed E-state index contributed by atoms with van der Waals surface area (Å²) < 4.78 is 32.0. The minimum absolute atomic E-state index is 0.191. The van der Waals surface area contributed by atoms with E-state index in [1.165, 1.54) is 12.1 Å². The van der Waals surface area contributed by atoms with E-state index in [0.717, 1.165) is 73.6 Å². The zero-order chi connectivity index (χ0) is 35.8. The fourth-order valence-electron chi connectivity index (χ4n) is 6.29. The lowest BCUT2D eigenvalue weighted by Gasteiger charge is -2.41. The third-order valence-corrected chi connectivity index (χ3v) is 9.26. The topological polar surface area (TPSA) is 84.4 Å². The fraction of sp³-hybridized carbons (Fsp3) is 0.550. The Balaban J connectivity index is 1.78. The molecule has 49 heavy (non-hydrogen) atoms. The van der Waals surface area contributed by atoms with Gasteiger partial charge in [-0.2, -0.15) is 0 Å². The largest absolute Gasteiger partial charge is 0.493 e. The van der Waals surface area contributed by atoms with E-state index in [4.69, 9.17) is 19.2 Å². The van der Waals surface area contributed by atoms with Crippen LogP contribution in [0, 0.1) is 18.2 Å². The molecule has 1 aromatic heterocycles. The van der Waals surface area contributed by atoms with Crippen LogP contribution in [0.2, 0.25) is 0 Å². The first kappa shape index (κ1) is 38.3. The molecule has 0 radical (unpaired) electrons. The van der Waals surface area contributed by atoms with Gasteiger partial charge in [-0.3, -0.25) is 4.98 Å². The number of likely N-dealkylation sites (N-methyl/N-ethyl adjacent to an activating group) is 1. The van der Waals surface area contributed by atoms with E-state index in [1.54, 1.807) is 12.1 Å². The molecule has 268 valence electrons. The summed E-state index contributed by atoms with van der Waals surface area (Å²) in [6, 6.07) is 14.4. The van der Waals surface area contributed by atoms with E-state index < -0.39 is 17.7 Å². The summed E-state index contributed by atoms with van der Waals surface area (Å²) in [5.74, 6) is -0.587. The van der Waals surface area contributed by atoms with Crippen LogP contribution in [0.25, 0.3) is 11.1 Å². The van der Waals surface area contributed by atoms with Gasteiger partial charge in [0.15, 0.2) is 6.10 Å². The smallest absolute Gasteiger partial charge is 0.337 e. The number of hydrogen-bond acceptors (Lipinski definition) is 7. The van der Waals surface area contributed by atoms with Crippen LogP contribution in [-0.4, -0.2) is 72.5 Å². The van der Waals surface area contributed by atoms with Crippen molar-refractivity contribution in [2.45, 2.75) is 93.0 Å². The average Bonchev–Trinajstić information content (AvgIpc) is 3.04. The monoisotopic (exact) mass is 677 g/mol. The Morgan fingerprint density at radius 2 is 1.65 bits per heavy atom. The number of ether oxygens (including phenoxy) is 3. The molecule has 1 atom stereocenters. The molecule has 2 aromatic carbocycles. The second-order valence-electron chi connectivity index (χ2n) is 14.7. The van der Waals surface area contributed by atoms with Crippen molar-refractivity contribution in [1.29, 1.82) is 0 Å². The lowest BCUT2D eigenvalue weighted by atomic mass is 9.81. The highest BCUT2D eigenvalue weighted by Gasteiger charge is 2.37. The van der Waals surface area contributed by atoms with Gasteiger partial charge in [0.25, 0.3) is 0 Å². The number of rotatable bonds is 16. The number of carbonyl (C=O) groups is 1. The Morgan fingerprint density at radius 3 is 2.22 bits per heavy atom. The van der Waals surface area contributed by atoms with Crippen molar-refractivity contribution < 1.29 is 28.5 Å². The number of nitrogens with zero attached hydrogens (tertiary/aromatic N) is 3. The Labute approximate surface area is 292 Å². The van der Waals surface area contributed by atoms with Gasteiger partial charge in [-0.05, 0) is 94.4 Å². The summed E-state index contributed by atoms with van der Waals surface area (Å²) in [7, 11) is 0. The van der Waals surface area contributed by atoms with Crippen molar-refractivity contribution in [2.75, 3.05) is 50.8 Å². The Bertz CT molecular complexity index is 1500. The number of aliphatic carboxylic acids is 1. The number of aromatic nitrogens is 1. The van der Waals surface area contributed by atoms with E-state index >= 15 is 0 Å². The molecule has 0 saturated carbocycles. The van der Waals surface area contributed by atoms with Crippen LogP contribution in [-0.2, 0) is 27.3 Å². The summed E-state index contributed by atoms with van der Waals surface area (Å²) in [5, 5.41) is 10.6. The Kier molecular flexibility index (Phi) is 13.2. The number of carboxylic acid groups (broad SMARTS) is 1. The number of carboxylic acids is 1. The van der Waals surface area contributed by atoms with Crippen molar-refractivity contribution in [3.63, 3.8) is 0 Å². The minimum Gasteiger partial charge on any atom is -0.493 e. The van der Waals surface area contributed by atoms with Crippen LogP contribution < -0.4 is 9.64 Å². The van der Waals surface area contributed by atoms with Gasteiger partial charge in [-0.15, -0.1) is 0 Å². The van der Waals surface area contributed by atoms with E-state index in [9.17, 15) is 14.3 Å². The minimum atomic E-state index is -1.21. The molecule has 3 aromatic rings. The highest BCUT2D eigenvalue weighted by Crippen LogP contribution is 2.45. The van der Waals surface area contributed by atoms with Gasteiger partial charge in [0.2, 0.25) is 0 Å². The molecule has 0 amide bonds. The maximum absolute atomic E-state index is 13.3. The maximum Gasteiger partial charge on any atom is 0.337 e. The zero-order valence-corrected chi connectivity index (χ0v) is 30.8. The Hall–Kier alpha value is -3.53. The van der Waals surface area contributed by atoms with Gasteiger partial charge in [0.1, 0.15) is 11.6 Å². The molecular weight excluding hydrogens is 621 g/mol. The molecular formula is C40H56FN3O5. The molecule has 9 heteroatoms. The molecule has 0 bridgehead atoms. The average molecular weight is 678 g/mol. The highest BCUT2D eigenvalue weighted by atomic mass is 19.1. The maximum atomic E-state index is 13.3. The first-order valence-corrected chi connectivity index (χ1v) is 17.7. The predicted octanol–water partition coefficient (Wildman–Crippen LogP) is 8.24. The summed E-state index contributed by atoms with van der Waals surface area (Å²) in [4.78, 5) is 22.7. The van der Waals surface area contributed by atoms with Gasteiger partial charge in [0.05, 0.1) is 36.8 Å². The molecule has 8 nitrogen and oxygen atoms in total. The molecule has 0 unspecified atom stereocenters. The molecule has 4 rings (SSSR count). The second kappa shape index (κ2) is 16.9. The van der Waals surface area contributed by atoms with Gasteiger partial charge >= 0.3 is 5.97 Å². The van der Waals surface area contributed by atoms with Crippen molar-refractivity contribution in [1.82, 2.24) is 9.88 Å².